The van der Waals surface area contributed by atoms with E-state index in [4.69, 9.17) is 39.1 Å². The smallest absolute Gasteiger partial charge is 0.292 e. The van der Waals surface area contributed by atoms with Gasteiger partial charge in [-0.3, -0.25) is 24.3 Å². The normalized spacial score (nSPS) is 10.1. The van der Waals surface area contributed by atoms with Crippen LogP contribution >= 0.6 is 0 Å². The maximum absolute atomic E-state index is 13.7. The Labute approximate surface area is 239 Å². The van der Waals surface area contributed by atoms with E-state index in [1.165, 1.54) is 48.6 Å². The van der Waals surface area contributed by atoms with Crippen LogP contribution in [0.25, 0.3) is 0 Å². The van der Waals surface area contributed by atoms with Gasteiger partial charge in [0, 0.05) is 11.1 Å². The zero-order chi connectivity index (χ0) is 30.9. The molecule has 2 aromatic carbocycles. The molecule has 220 valence electrons. The summed E-state index contributed by atoms with van der Waals surface area (Å²) in [5.41, 5.74) is -4.10. The van der Waals surface area contributed by atoms with E-state index < -0.39 is 57.5 Å². The Morgan fingerprint density at radius 2 is 0.905 bits per heavy atom. The molecule has 0 aliphatic carbocycles. The first-order valence-corrected chi connectivity index (χ1v) is 11.9. The largest absolute Gasteiger partial charge is 0.374 e. The van der Waals surface area contributed by atoms with E-state index >= 15 is 0 Å². The Hall–Kier alpha value is -5.21. The third kappa shape index (κ3) is 8.90. The molecule has 0 bridgehead atoms. The molecule has 0 aliphatic rings. The lowest BCUT2D eigenvalue weighted by molar-refractivity contribution is -0.235. The minimum absolute atomic E-state index is 0.0210. The lowest BCUT2D eigenvalue weighted by Gasteiger charge is -2.18. The molecule has 0 atom stereocenters. The number of carbonyl (C=O) groups excluding carboxylic acids is 5. The van der Waals surface area contributed by atoms with Gasteiger partial charge in [0.2, 0.25) is 0 Å². The van der Waals surface area contributed by atoms with E-state index in [0.717, 1.165) is 6.07 Å². The lowest BCUT2D eigenvalue weighted by Crippen LogP contribution is -2.27. The third-order valence-electron chi connectivity index (χ3n) is 4.72. The first kappa shape index (κ1) is 33.0. The number of rotatable bonds is 18. The van der Waals surface area contributed by atoms with E-state index in [1.807, 2.05) is 0 Å². The molecule has 13 nitrogen and oxygen atoms in total. The summed E-state index contributed by atoms with van der Waals surface area (Å²) in [4.78, 5) is 104. The second kappa shape index (κ2) is 17.5. The molecule has 0 N–H and O–H groups in total. The summed E-state index contributed by atoms with van der Waals surface area (Å²) in [5.74, 6) is -6.69. The predicted octanol–water partition coefficient (Wildman–Crippen LogP) is 4.02. The second-order valence-corrected chi connectivity index (χ2v) is 7.57. The first-order valence-electron chi connectivity index (χ1n) is 11.9. The van der Waals surface area contributed by atoms with Crippen LogP contribution in [-0.4, -0.2) is 56.1 Å². The van der Waals surface area contributed by atoms with Crippen molar-refractivity contribution in [3.8, 4) is 0 Å². The molecule has 0 fully saturated rings. The van der Waals surface area contributed by atoms with Crippen LogP contribution in [0.3, 0.4) is 0 Å². The quantitative estimate of drug-likeness (QED) is 0.0816. The zero-order valence-corrected chi connectivity index (χ0v) is 22.2. The van der Waals surface area contributed by atoms with Crippen molar-refractivity contribution < 1.29 is 63.1 Å². The molecular formula is C29H26O13. The summed E-state index contributed by atoms with van der Waals surface area (Å²) in [6.45, 7) is 12.5. The average Bonchev–Trinajstić information content (AvgIpc) is 3.00. The van der Waals surface area contributed by atoms with Crippen molar-refractivity contribution >= 4 is 29.7 Å². The van der Waals surface area contributed by atoms with Gasteiger partial charge in [0.05, 0.1) is 22.3 Å². The first-order chi connectivity index (χ1) is 20.3. The van der Waals surface area contributed by atoms with Crippen molar-refractivity contribution in [3.63, 3.8) is 0 Å². The van der Waals surface area contributed by atoms with Crippen LogP contribution in [0, 0.1) is 0 Å². The summed E-state index contributed by atoms with van der Waals surface area (Å²) < 4.78 is 0. The maximum atomic E-state index is 13.7. The van der Waals surface area contributed by atoms with Crippen LogP contribution in [0.15, 0.2) is 87.0 Å². The van der Waals surface area contributed by atoms with Crippen molar-refractivity contribution in [2.75, 3.05) is 26.4 Å². The molecule has 0 unspecified atom stereocenters. The van der Waals surface area contributed by atoms with Crippen molar-refractivity contribution in [3.05, 3.63) is 120 Å². The fraction of sp³-hybridized carbons (Fsp3) is 0.138. The van der Waals surface area contributed by atoms with E-state index in [-0.39, 0.29) is 32.0 Å². The van der Waals surface area contributed by atoms with Crippen molar-refractivity contribution in [1.29, 1.82) is 0 Å². The lowest BCUT2D eigenvalue weighted by atomic mass is 9.88. The summed E-state index contributed by atoms with van der Waals surface area (Å²) in [7, 11) is 0. The minimum Gasteiger partial charge on any atom is -0.292 e. The summed E-state index contributed by atoms with van der Waals surface area (Å²) in [6, 6.07) is 8.28. The Kier molecular flexibility index (Phi) is 13.7. The standard InChI is InChI=1S/C29H26O13/c1-5-14-35-39-26(31)21-18-20(25(30)19-12-10-9-11-13-19)22(27(32)40-36-15-6-2)24(29(34)42-38-17-8-4)23(21)28(33)41-37-16-7-3/h5-13,18H,1-4,14-17H2. The Bertz CT molecular complexity index is 1350. The molecule has 0 aromatic heterocycles. The topological polar surface area (TPSA) is 159 Å². The second-order valence-electron chi connectivity index (χ2n) is 7.57. The van der Waals surface area contributed by atoms with Gasteiger partial charge >= 0.3 is 23.9 Å². The van der Waals surface area contributed by atoms with Crippen molar-refractivity contribution in [1.82, 2.24) is 0 Å². The van der Waals surface area contributed by atoms with Gasteiger partial charge in [-0.25, -0.2) is 19.2 Å². The molecule has 2 rings (SSSR count). The summed E-state index contributed by atoms with van der Waals surface area (Å²) >= 11 is 0. The molecule has 0 amide bonds. The summed E-state index contributed by atoms with van der Waals surface area (Å²) in [5, 5.41) is 0. The molecule has 0 aliphatic heterocycles. The molecule has 0 saturated carbocycles. The highest BCUT2D eigenvalue weighted by Crippen LogP contribution is 2.30. The van der Waals surface area contributed by atoms with Gasteiger partial charge in [-0.15, -0.1) is 26.3 Å². The Morgan fingerprint density at radius 3 is 1.33 bits per heavy atom. The van der Waals surface area contributed by atoms with Crippen molar-refractivity contribution in [2.45, 2.75) is 0 Å². The molecule has 0 radical (unpaired) electrons. The van der Waals surface area contributed by atoms with Gasteiger partial charge in [0.25, 0.3) is 0 Å². The Morgan fingerprint density at radius 1 is 0.524 bits per heavy atom. The van der Waals surface area contributed by atoms with Gasteiger partial charge < -0.3 is 0 Å². The zero-order valence-electron chi connectivity index (χ0n) is 22.2. The van der Waals surface area contributed by atoms with E-state index in [1.54, 1.807) is 6.07 Å². The predicted molar refractivity (Wildman–Crippen MR) is 143 cm³/mol. The fourth-order valence-corrected chi connectivity index (χ4v) is 3.11. The van der Waals surface area contributed by atoms with Crippen LogP contribution in [0.4, 0.5) is 0 Å². The number of benzene rings is 2. The number of hydrogen-bond donors (Lipinski definition) is 0. The van der Waals surface area contributed by atoms with Crippen LogP contribution < -0.4 is 0 Å². The van der Waals surface area contributed by atoms with Gasteiger partial charge in [-0.2, -0.15) is 19.6 Å². The molecular weight excluding hydrogens is 556 g/mol. The molecule has 13 heteroatoms. The van der Waals surface area contributed by atoms with E-state index in [0.29, 0.717) is 0 Å². The highest BCUT2D eigenvalue weighted by Gasteiger charge is 2.38. The summed E-state index contributed by atoms with van der Waals surface area (Å²) in [6.07, 6.45) is 4.94. The number of carbonyl (C=O) groups is 5. The minimum atomic E-state index is -1.52. The average molecular weight is 583 g/mol. The van der Waals surface area contributed by atoms with Gasteiger partial charge in [-0.05, 0) is 6.07 Å². The number of hydrogen-bond acceptors (Lipinski definition) is 13. The van der Waals surface area contributed by atoms with Crippen LogP contribution in [0.1, 0.15) is 57.4 Å². The molecule has 2 aromatic rings. The SMILES string of the molecule is C=CCOOC(=O)c1cc(C(=O)c2ccccc2)c(C(=O)OOCC=C)c(C(=O)OOCC=C)c1C(=O)OOCC=C. The molecule has 42 heavy (non-hydrogen) atoms. The maximum Gasteiger partial charge on any atom is 0.374 e. The monoisotopic (exact) mass is 582 g/mol. The molecule has 0 saturated heterocycles. The number of ketones is 1. The fourth-order valence-electron chi connectivity index (χ4n) is 3.11. The van der Waals surface area contributed by atoms with Gasteiger partial charge in [-0.1, -0.05) is 54.6 Å². The van der Waals surface area contributed by atoms with E-state index in [9.17, 15) is 24.0 Å². The molecule has 0 spiro atoms. The highest BCUT2D eigenvalue weighted by molar-refractivity contribution is 6.22. The van der Waals surface area contributed by atoms with Crippen molar-refractivity contribution in [2.24, 2.45) is 0 Å². The van der Waals surface area contributed by atoms with Gasteiger partial charge in [0.1, 0.15) is 26.4 Å². The molecule has 0 heterocycles. The van der Waals surface area contributed by atoms with E-state index in [2.05, 4.69) is 26.3 Å². The van der Waals surface area contributed by atoms with Crippen LogP contribution in [0.2, 0.25) is 0 Å². The van der Waals surface area contributed by atoms with Crippen LogP contribution in [0.5, 0.6) is 0 Å². The third-order valence-corrected chi connectivity index (χ3v) is 4.72. The van der Waals surface area contributed by atoms with Gasteiger partial charge in [0.15, 0.2) is 5.78 Å². The van der Waals surface area contributed by atoms with Crippen LogP contribution in [-0.2, 0) is 39.1 Å². The highest BCUT2D eigenvalue weighted by atomic mass is 17.2. The Balaban J connectivity index is 2.97.